The number of nitrogens with zero attached hydrogens (tertiary/aromatic N) is 3. The molecule has 2 aromatic heterocycles. The lowest BCUT2D eigenvalue weighted by molar-refractivity contribution is 0.777. The highest BCUT2D eigenvalue weighted by Gasteiger charge is 2.13. The van der Waals surface area contributed by atoms with Crippen LogP contribution in [0.2, 0.25) is 0 Å². The smallest absolute Gasteiger partial charge is 0.102 e. The van der Waals surface area contributed by atoms with Crippen molar-refractivity contribution in [2.45, 2.75) is 19.8 Å². The zero-order chi connectivity index (χ0) is 11.0. The van der Waals surface area contributed by atoms with Crippen LogP contribution in [0.25, 0.3) is 10.6 Å². The Kier molecular flexibility index (Phi) is 2.48. The van der Waals surface area contributed by atoms with Crippen LogP contribution in [0.15, 0.2) is 12.4 Å². The highest BCUT2D eigenvalue weighted by molar-refractivity contribution is 7.15. The molecule has 2 heterocycles. The molecule has 0 amide bonds. The fraction of sp³-hybridized carbons (Fsp3) is 0.400. The molecule has 0 atom stereocenters. The maximum atomic E-state index is 5.85. The highest BCUT2D eigenvalue weighted by Crippen LogP contribution is 2.32. The lowest BCUT2D eigenvalue weighted by atomic mass is 10.2. The van der Waals surface area contributed by atoms with Crippen molar-refractivity contribution in [3.8, 4) is 10.6 Å². The van der Waals surface area contributed by atoms with E-state index in [2.05, 4.69) is 23.9 Å². The van der Waals surface area contributed by atoms with Gasteiger partial charge in [0.25, 0.3) is 0 Å². The molecule has 0 radical (unpaired) electrons. The Morgan fingerprint density at radius 1 is 1.40 bits per heavy atom. The predicted molar refractivity (Wildman–Crippen MR) is 62.8 cm³/mol. The van der Waals surface area contributed by atoms with Crippen LogP contribution in [0.1, 0.15) is 24.8 Å². The van der Waals surface area contributed by atoms with Gasteiger partial charge in [0.15, 0.2) is 0 Å². The van der Waals surface area contributed by atoms with Crippen molar-refractivity contribution in [3.63, 3.8) is 0 Å². The van der Waals surface area contributed by atoms with Crippen molar-refractivity contribution >= 4 is 17.0 Å². The monoisotopic (exact) mass is 222 g/mol. The second kappa shape index (κ2) is 3.66. The largest absolute Gasteiger partial charge is 0.396 e. The zero-order valence-electron chi connectivity index (χ0n) is 9.06. The number of rotatable bonds is 2. The van der Waals surface area contributed by atoms with Crippen LogP contribution < -0.4 is 5.73 Å². The van der Waals surface area contributed by atoms with Gasteiger partial charge in [0.2, 0.25) is 0 Å². The number of aryl methyl sites for hydroxylation is 1. The van der Waals surface area contributed by atoms with E-state index in [9.17, 15) is 0 Å². The van der Waals surface area contributed by atoms with Crippen LogP contribution in [-0.4, -0.2) is 14.8 Å². The molecule has 0 aromatic carbocycles. The van der Waals surface area contributed by atoms with E-state index in [-0.39, 0.29) is 0 Å². The molecule has 0 aliphatic carbocycles. The van der Waals surface area contributed by atoms with Crippen molar-refractivity contribution in [1.29, 1.82) is 0 Å². The van der Waals surface area contributed by atoms with Gasteiger partial charge in [-0.05, 0) is 0 Å². The number of thiazole rings is 1. The Morgan fingerprint density at radius 3 is 2.60 bits per heavy atom. The second-order valence-corrected chi connectivity index (χ2v) is 4.85. The SMILES string of the molecule is CC(C)c1ncc(-c2c(N)cnn2C)s1. The van der Waals surface area contributed by atoms with E-state index in [1.54, 1.807) is 22.2 Å². The quantitative estimate of drug-likeness (QED) is 0.847. The first kappa shape index (κ1) is 10.2. The van der Waals surface area contributed by atoms with Crippen molar-refractivity contribution in [3.05, 3.63) is 17.4 Å². The summed E-state index contributed by atoms with van der Waals surface area (Å²) >= 11 is 1.68. The molecule has 0 aliphatic heterocycles. The van der Waals surface area contributed by atoms with Crippen molar-refractivity contribution in [1.82, 2.24) is 14.8 Å². The van der Waals surface area contributed by atoms with Gasteiger partial charge in [-0.1, -0.05) is 13.8 Å². The highest BCUT2D eigenvalue weighted by atomic mass is 32.1. The lowest BCUT2D eigenvalue weighted by Crippen LogP contribution is -1.93. The molecule has 2 N–H and O–H groups in total. The number of aromatic nitrogens is 3. The van der Waals surface area contributed by atoms with Crippen molar-refractivity contribution < 1.29 is 0 Å². The summed E-state index contributed by atoms with van der Waals surface area (Å²) in [6.45, 7) is 4.27. The standard InChI is InChI=1S/C10H14N4S/c1-6(2)10-12-5-8(15-10)9-7(11)4-13-14(9)3/h4-6H,11H2,1-3H3. The second-order valence-electron chi connectivity index (χ2n) is 3.79. The molecule has 0 saturated heterocycles. The summed E-state index contributed by atoms with van der Waals surface area (Å²) in [6, 6.07) is 0. The Morgan fingerprint density at radius 2 is 2.13 bits per heavy atom. The Labute approximate surface area is 92.8 Å². The summed E-state index contributed by atoms with van der Waals surface area (Å²) in [5.41, 5.74) is 7.52. The van der Waals surface area contributed by atoms with E-state index in [1.165, 1.54) is 0 Å². The van der Waals surface area contributed by atoms with Gasteiger partial charge >= 0.3 is 0 Å². The zero-order valence-corrected chi connectivity index (χ0v) is 9.88. The minimum absolute atomic E-state index is 0.457. The number of hydrogen-bond donors (Lipinski definition) is 1. The third kappa shape index (κ3) is 1.74. The van der Waals surface area contributed by atoms with Crippen molar-refractivity contribution in [2.75, 3.05) is 5.73 Å². The molecular weight excluding hydrogens is 208 g/mol. The molecular formula is C10H14N4S. The molecule has 2 rings (SSSR count). The molecule has 0 saturated carbocycles. The van der Waals surface area contributed by atoms with E-state index in [1.807, 2.05) is 13.2 Å². The number of nitrogens with two attached hydrogens (primary N) is 1. The van der Waals surface area contributed by atoms with E-state index in [4.69, 9.17) is 5.73 Å². The number of anilines is 1. The summed E-state index contributed by atoms with van der Waals surface area (Å²) in [5.74, 6) is 0.457. The Bertz CT molecular complexity index is 450. The summed E-state index contributed by atoms with van der Waals surface area (Å²) in [4.78, 5) is 5.46. The average molecular weight is 222 g/mol. The topological polar surface area (TPSA) is 56.7 Å². The van der Waals surface area contributed by atoms with Crippen LogP contribution >= 0.6 is 11.3 Å². The van der Waals surface area contributed by atoms with Gasteiger partial charge < -0.3 is 5.73 Å². The molecule has 5 heteroatoms. The van der Waals surface area contributed by atoms with Gasteiger partial charge in [0.05, 0.1) is 21.8 Å². The van der Waals surface area contributed by atoms with E-state index < -0.39 is 0 Å². The van der Waals surface area contributed by atoms with Gasteiger partial charge in [0.1, 0.15) is 5.69 Å². The summed E-state index contributed by atoms with van der Waals surface area (Å²) in [7, 11) is 1.89. The van der Waals surface area contributed by atoms with E-state index >= 15 is 0 Å². The van der Waals surface area contributed by atoms with Crippen LogP contribution in [0.3, 0.4) is 0 Å². The molecule has 4 nitrogen and oxygen atoms in total. The summed E-state index contributed by atoms with van der Waals surface area (Å²) in [5, 5.41) is 5.25. The predicted octanol–water partition coefficient (Wildman–Crippen LogP) is 2.25. The summed E-state index contributed by atoms with van der Waals surface area (Å²) < 4.78 is 1.78. The first-order valence-corrected chi connectivity index (χ1v) is 5.64. The molecule has 15 heavy (non-hydrogen) atoms. The first-order valence-electron chi connectivity index (χ1n) is 4.83. The minimum atomic E-state index is 0.457. The molecule has 0 spiro atoms. The van der Waals surface area contributed by atoms with E-state index in [0.717, 1.165) is 15.6 Å². The van der Waals surface area contributed by atoms with Crippen LogP contribution in [-0.2, 0) is 7.05 Å². The maximum absolute atomic E-state index is 5.85. The molecule has 0 unspecified atom stereocenters. The molecule has 0 fully saturated rings. The normalized spacial score (nSPS) is 11.2. The molecule has 0 bridgehead atoms. The van der Waals surface area contributed by atoms with Gasteiger partial charge in [0, 0.05) is 19.2 Å². The average Bonchev–Trinajstić information content (AvgIpc) is 2.73. The van der Waals surface area contributed by atoms with Crippen molar-refractivity contribution in [2.24, 2.45) is 7.05 Å². The van der Waals surface area contributed by atoms with Crippen LogP contribution in [0.5, 0.6) is 0 Å². The maximum Gasteiger partial charge on any atom is 0.102 e. The number of nitrogen functional groups attached to an aromatic ring is 1. The fourth-order valence-electron chi connectivity index (χ4n) is 1.42. The minimum Gasteiger partial charge on any atom is -0.396 e. The van der Waals surface area contributed by atoms with Gasteiger partial charge in [-0.3, -0.25) is 4.68 Å². The molecule has 0 aliphatic rings. The van der Waals surface area contributed by atoms with Gasteiger partial charge in [-0.2, -0.15) is 5.10 Å². The third-order valence-electron chi connectivity index (χ3n) is 2.22. The Hall–Kier alpha value is -1.36. The Balaban J connectivity index is 2.46. The van der Waals surface area contributed by atoms with E-state index in [0.29, 0.717) is 11.6 Å². The fourth-order valence-corrected chi connectivity index (χ4v) is 2.44. The molecule has 80 valence electrons. The third-order valence-corrected chi connectivity index (χ3v) is 3.52. The van der Waals surface area contributed by atoms with Gasteiger partial charge in [-0.15, -0.1) is 11.3 Å². The number of hydrogen-bond acceptors (Lipinski definition) is 4. The first-order chi connectivity index (χ1) is 7.09. The van der Waals surface area contributed by atoms with Crippen LogP contribution in [0, 0.1) is 0 Å². The molecule has 2 aromatic rings. The lowest BCUT2D eigenvalue weighted by Gasteiger charge is -1.99. The van der Waals surface area contributed by atoms with Gasteiger partial charge in [-0.25, -0.2) is 4.98 Å². The van der Waals surface area contributed by atoms with Crippen LogP contribution in [0.4, 0.5) is 5.69 Å². The summed E-state index contributed by atoms with van der Waals surface area (Å²) in [6.07, 6.45) is 3.54.